The molecule has 346 valence electrons. The Bertz CT molecular complexity index is 2420. The van der Waals surface area contributed by atoms with E-state index in [0.717, 1.165) is 68.1 Å². The molecule has 7 aliphatic rings. The van der Waals surface area contributed by atoms with Gasteiger partial charge < -0.3 is 50.5 Å². The highest BCUT2D eigenvalue weighted by Crippen LogP contribution is 2.67. The van der Waals surface area contributed by atoms with Crippen LogP contribution < -0.4 is 10.1 Å². The molecule has 15 heteroatoms. The minimum Gasteiger partial charge on any atom is -0.511 e. The maximum atomic E-state index is 15.8. The van der Waals surface area contributed by atoms with Crippen LogP contribution in [0.15, 0.2) is 78.2 Å². The van der Waals surface area contributed by atoms with Gasteiger partial charge in [-0.05, 0) is 122 Å². The van der Waals surface area contributed by atoms with Crippen molar-refractivity contribution >= 4 is 39.0 Å². The molecule has 10 atom stereocenters. The van der Waals surface area contributed by atoms with Crippen molar-refractivity contribution in [3.8, 4) is 5.75 Å². The summed E-state index contributed by atoms with van der Waals surface area (Å²) in [6, 6.07) is 14.0. The lowest BCUT2D eigenvalue weighted by Gasteiger charge is -2.53. The Balaban J connectivity index is 1.12. The smallest absolute Gasteiger partial charge is 0.229 e. The number of anilines is 1. The van der Waals surface area contributed by atoms with Crippen LogP contribution in [0.3, 0.4) is 0 Å². The van der Waals surface area contributed by atoms with Gasteiger partial charge in [-0.1, -0.05) is 76.9 Å². The highest BCUT2D eigenvalue weighted by atomic mass is 33.1. The van der Waals surface area contributed by atoms with Crippen molar-refractivity contribution in [2.45, 2.75) is 125 Å². The average molecular weight is 927 g/mol. The molecule has 2 aliphatic heterocycles. The monoisotopic (exact) mass is 926 g/mol. The van der Waals surface area contributed by atoms with Gasteiger partial charge in [0.25, 0.3) is 0 Å². The lowest BCUT2D eigenvalue weighted by atomic mass is 9.57. The zero-order chi connectivity index (χ0) is 45.3. The standard InChI is InChI=1S/C50H58N2O11S2/c53-15-5-10-39-50-35(18-30(19-38(50)56)17-28-6-3-7-29(16-28)23-54)42(57)33-8-4-9-36(41(33)44(50)59)62-46-45(60)49(61,43(58)37(24-55)63-46)26-48-25-47(13-1-2-14-47)21-32(48)12-11-31-22-51-40(20-34(31)48)52-27-64-65-39/h3-4,6-9,16,18-20,22,32,35,37,39,43,45-46,53-56,58,60-61H,1-2,5,10-15,17,21,23-27H2,(H,51,52). The number of nitrogens with zero attached hydrogens (tertiary/aromatic N) is 1. The molecule has 0 radical (unpaired) electrons. The Morgan fingerprint density at radius 2 is 1.77 bits per heavy atom. The number of pyridine rings is 1. The number of ether oxygens (including phenoxy) is 2. The minimum atomic E-state index is -2.26. The Hall–Kier alpha value is -3.77. The number of Topliss-reactive ketones (excluding diaryl/α,β-unsaturated/α-hetero) is 2. The first-order valence-corrected chi connectivity index (χ1v) is 25.4. The molecule has 10 unspecified atom stereocenters. The van der Waals surface area contributed by atoms with E-state index >= 15 is 9.59 Å². The lowest BCUT2D eigenvalue weighted by molar-refractivity contribution is -0.319. The molecule has 3 aromatic rings. The third-order valence-electron chi connectivity index (χ3n) is 16.1. The number of carbonyl (C=O) groups excluding carboxylic acids is 2. The highest BCUT2D eigenvalue weighted by molar-refractivity contribution is 8.77. The van der Waals surface area contributed by atoms with Crippen LogP contribution in [0, 0.1) is 22.7 Å². The number of hydrogen-bond donors (Lipinski definition) is 8. The van der Waals surface area contributed by atoms with Crippen LogP contribution >= 0.6 is 21.6 Å². The topological polar surface area (TPSA) is 219 Å². The van der Waals surface area contributed by atoms with Gasteiger partial charge in [0.15, 0.2) is 11.6 Å². The molecule has 1 saturated heterocycles. The van der Waals surface area contributed by atoms with E-state index in [1.165, 1.54) is 33.7 Å². The quantitative estimate of drug-likeness (QED) is 0.130. The number of fused-ring (bicyclic) bond motifs is 3. The number of aromatic nitrogens is 1. The van der Waals surface area contributed by atoms with Crippen molar-refractivity contribution in [3.63, 3.8) is 0 Å². The van der Waals surface area contributed by atoms with Crippen LogP contribution in [0.4, 0.5) is 5.82 Å². The minimum absolute atomic E-state index is 0.0449. The Labute approximate surface area is 386 Å². The maximum Gasteiger partial charge on any atom is 0.229 e. The van der Waals surface area contributed by atoms with Crippen molar-refractivity contribution < 1.29 is 54.8 Å². The number of benzene rings is 2. The van der Waals surface area contributed by atoms with E-state index in [-0.39, 0.29) is 66.4 Å². The second kappa shape index (κ2) is 17.4. The van der Waals surface area contributed by atoms with Crippen LogP contribution in [0.5, 0.6) is 5.75 Å². The van der Waals surface area contributed by atoms with E-state index in [1.807, 2.05) is 24.4 Å². The normalized spacial score (nSPS) is 34.9. The number of aliphatic hydroxyl groups excluding tert-OH is 6. The van der Waals surface area contributed by atoms with E-state index in [2.05, 4.69) is 11.4 Å². The van der Waals surface area contributed by atoms with Gasteiger partial charge in [-0.2, -0.15) is 0 Å². The largest absolute Gasteiger partial charge is 0.511 e. The van der Waals surface area contributed by atoms with E-state index < -0.39 is 70.4 Å². The van der Waals surface area contributed by atoms with Gasteiger partial charge in [0.1, 0.15) is 46.7 Å². The number of ketones is 2. The average Bonchev–Trinajstić information content (AvgIpc) is 3.90. The van der Waals surface area contributed by atoms with Crippen LogP contribution in [0.1, 0.15) is 107 Å². The summed E-state index contributed by atoms with van der Waals surface area (Å²) in [6.07, 6.45) is 7.02. The number of hydrogen-bond acceptors (Lipinski definition) is 15. The molecular weight excluding hydrogens is 869 g/mol. The van der Waals surface area contributed by atoms with Gasteiger partial charge in [-0.3, -0.25) is 9.59 Å². The van der Waals surface area contributed by atoms with Crippen LogP contribution in [-0.4, -0.2) is 107 Å². The molecule has 65 heavy (non-hydrogen) atoms. The number of aryl methyl sites for hydroxylation is 1. The second-order valence-electron chi connectivity index (χ2n) is 19.6. The van der Waals surface area contributed by atoms with E-state index in [1.54, 1.807) is 24.3 Å². The third-order valence-corrected chi connectivity index (χ3v) is 18.8. The Morgan fingerprint density at radius 3 is 2.55 bits per heavy atom. The Morgan fingerprint density at radius 1 is 0.969 bits per heavy atom. The van der Waals surface area contributed by atoms with E-state index in [9.17, 15) is 35.7 Å². The number of allylic oxidation sites excluding steroid dienone is 4. The summed E-state index contributed by atoms with van der Waals surface area (Å²) in [7, 11) is 2.78. The molecule has 2 aromatic carbocycles. The molecule has 3 fully saturated rings. The van der Waals surface area contributed by atoms with Gasteiger partial charge in [-0.15, -0.1) is 0 Å². The predicted molar refractivity (Wildman–Crippen MR) is 245 cm³/mol. The van der Waals surface area contributed by atoms with Crippen molar-refractivity contribution in [2.24, 2.45) is 22.7 Å². The summed E-state index contributed by atoms with van der Waals surface area (Å²) in [6.45, 7) is -1.06. The van der Waals surface area contributed by atoms with Crippen molar-refractivity contribution in [1.82, 2.24) is 4.98 Å². The van der Waals surface area contributed by atoms with Gasteiger partial charge in [0.05, 0.1) is 30.6 Å². The first kappa shape index (κ1) is 45.0. The Kier molecular flexibility index (Phi) is 12.0. The number of carbonyl (C=O) groups is 2. The van der Waals surface area contributed by atoms with Gasteiger partial charge >= 0.3 is 0 Å². The number of aliphatic hydroxyl groups is 7. The van der Waals surface area contributed by atoms with E-state index in [0.29, 0.717) is 29.3 Å². The van der Waals surface area contributed by atoms with Gasteiger partial charge in [-0.25, -0.2) is 4.98 Å². The lowest BCUT2D eigenvalue weighted by Crippen LogP contribution is -2.70. The van der Waals surface area contributed by atoms with E-state index in [4.69, 9.17) is 14.5 Å². The summed E-state index contributed by atoms with van der Waals surface area (Å²) >= 11 is 0. The molecule has 3 spiro atoms. The number of nitrogens with one attached hydrogen (secondary N) is 1. The van der Waals surface area contributed by atoms with Gasteiger partial charge in [0, 0.05) is 29.0 Å². The molecule has 3 heterocycles. The summed E-state index contributed by atoms with van der Waals surface area (Å²) in [5, 5.41) is 83.5. The summed E-state index contributed by atoms with van der Waals surface area (Å²) in [5.41, 5.74) is -0.589. The molecule has 5 aliphatic carbocycles. The first-order chi connectivity index (χ1) is 31.4. The SMILES string of the molecule is O=C1c2cccc3c2C(=O)C2(C(O)=CC(Cc4cccc(CO)c4)=CC12)C(CCCO)SSCNc1cc2c(cn1)CCC1CC4(CCCC4)CC21CC1(O)C(O)C(CO)OC(O3)C1O. The zero-order valence-corrected chi connectivity index (χ0v) is 37.9. The molecule has 10 rings (SSSR count). The fraction of sp³-hybridized carbons (Fsp3) is 0.540. The van der Waals surface area contributed by atoms with Crippen molar-refractivity contribution in [2.75, 3.05) is 24.4 Å². The summed E-state index contributed by atoms with van der Waals surface area (Å²) in [5.74, 6) is -1.57. The van der Waals surface area contributed by atoms with Crippen molar-refractivity contribution in [3.05, 3.63) is 112 Å². The zero-order valence-electron chi connectivity index (χ0n) is 36.2. The molecule has 1 aromatic heterocycles. The van der Waals surface area contributed by atoms with Crippen LogP contribution in [0.25, 0.3) is 0 Å². The summed E-state index contributed by atoms with van der Waals surface area (Å²) in [4.78, 5) is 35.8. The predicted octanol–water partition coefficient (Wildman–Crippen LogP) is 5.88. The second-order valence-corrected chi connectivity index (χ2v) is 22.2. The molecule has 2 saturated carbocycles. The third kappa shape index (κ3) is 7.30. The van der Waals surface area contributed by atoms with Crippen LogP contribution in [-0.2, 0) is 29.6 Å². The molecule has 0 amide bonds. The molecule has 13 nitrogen and oxygen atoms in total. The molecule has 6 bridgehead atoms. The highest BCUT2D eigenvalue weighted by Gasteiger charge is 2.66. The first-order valence-electron chi connectivity index (χ1n) is 23.1. The summed E-state index contributed by atoms with van der Waals surface area (Å²) < 4.78 is 12.6. The fourth-order valence-electron chi connectivity index (χ4n) is 13.2. The van der Waals surface area contributed by atoms with Crippen molar-refractivity contribution in [1.29, 1.82) is 0 Å². The van der Waals surface area contributed by atoms with Gasteiger partial charge in [0.2, 0.25) is 6.29 Å². The fourth-order valence-corrected chi connectivity index (χ4v) is 16.0. The van der Waals surface area contributed by atoms with Crippen LogP contribution in [0.2, 0.25) is 0 Å². The number of rotatable bonds is 7. The molecule has 8 N–H and O–H groups in total. The molecular formula is C50H58N2O11S2. The maximum absolute atomic E-state index is 15.8.